The lowest BCUT2D eigenvalue weighted by atomic mass is 10.2. The monoisotopic (exact) mass is 290 g/mol. The van der Waals surface area contributed by atoms with E-state index < -0.39 is 0 Å². The van der Waals surface area contributed by atoms with Crippen molar-refractivity contribution in [3.05, 3.63) is 29.8 Å². The first-order valence-electron chi connectivity index (χ1n) is 7.16. The summed E-state index contributed by atoms with van der Waals surface area (Å²) in [6.07, 6.45) is 1.88. The van der Waals surface area contributed by atoms with Crippen LogP contribution in [0.4, 0.5) is 0 Å². The van der Waals surface area contributed by atoms with E-state index >= 15 is 0 Å². The maximum atomic E-state index is 11.7. The Bertz CT molecular complexity index is 496. The first kappa shape index (κ1) is 15.5. The molecule has 0 aliphatic carbocycles. The molecule has 1 aromatic carbocycles. The van der Waals surface area contributed by atoms with Crippen molar-refractivity contribution in [1.82, 2.24) is 15.2 Å². The minimum Gasteiger partial charge on any atom is -0.507 e. The highest BCUT2D eigenvalue weighted by atomic mass is 16.3. The van der Waals surface area contributed by atoms with Crippen LogP contribution in [-0.2, 0) is 4.79 Å². The summed E-state index contributed by atoms with van der Waals surface area (Å²) in [5, 5.41) is 13.4. The average molecular weight is 290 g/mol. The van der Waals surface area contributed by atoms with E-state index in [0.717, 1.165) is 32.7 Å². The number of amides is 1. The topological polar surface area (TPSA) is 68.2 Å². The summed E-state index contributed by atoms with van der Waals surface area (Å²) in [6.45, 7) is 4.86. The molecule has 0 bridgehead atoms. The number of likely N-dealkylation sites (N-methyl/N-ethyl adjacent to an activating group) is 1. The van der Waals surface area contributed by atoms with Gasteiger partial charge in [0.25, 0.3) is 0 Å². The Morgan fingerprint density at radius 1 is 1.33 bits per heavy atom. The third kappa shape index (κ3) is 5.17. The van der Waals surface area contributed by atoms with E-state index in [1.165, 1.54) is 6.21 Å². The quantitative estimate of drug-likeness (QED) is 0.611. The number of benzene rings is 1. The van der Waals surface area contributed by atoms with Crippen molar-refractivity contribution >= 4 is 12.1 Å². The lowest BCUT2D eigenvalue weighted by Crippen LogP contribution is -2.45. The molecule has 1 aliphatic rings. The highest BCUT2D eigenvalue weighted by Gasteiger charge is 2.14. The molecule has 0 atom stereocenters. The third-order valence-corrected chi connectivity index (χ3v) is 3.58. The Morgan fingerprint density at radius 2 is 2.05 bits per heavy atom. The van der Waals surface area contributed by atoms with Gasteiger partial charge in [0.1, 0.15) is 5.75 Å². The second-order valence-electron chi connectivity index (χ2n) is 5.25. The maximum absolute atomic E-state index is 11.7. The summed E-state index contributed by atoms with van der Waals surface area (Å²) in [5.41, 5.74) is 3.07. The molecule has 1 heterocycles. The lowest BCUT2D eigenvalue weighted by molar-refractivity contribution is -0.121. The molecule has 1 amide bonds. The van der Waals surface area contributed by atoms with Gasteiger partial charge < -0.3 is 14.9 Å². The fourth-order valence-electron chi connectivity index (χ4n) is 2.16. The Kier molecular flexibility index (Phi) is 5.71. The van der Waals surface area contributed by atoms with Gasteiger partial charge in [0.2, 0.25) is 5.91 Å². The molecule has 114 valence electrons. The highest BCUT2D eigenvalue weighted by molar-refractivity contribution is 5.85. The van der Waals surface area contributed by atoms with Crippen LogP contribution in [0.5, 0.6) is 5.75 Å². The molecule has 0 unspecified atom stereocenters. The molecule has 0 radical (unpaired) electrons. The van der Waals surface area contributed by atoms with Gasteiger partial charge >= 0.3 is 0 Å². The van der Waals surface area contributed by atoms with Crippen molar-refractivity contribution in [2.24, 2.45) is 5.10 Å². The Labute approximate surface area is 125 Å². The summed E-state index contributed by atoms with van der Waals surface area (Å²) >= 11 is 0. The van der Waals surface area contributed by atoms with E-state index in [0.29, 0.717) is 12.0 Å². The van der Waals surface area contributed by atoms with Crippen molar-refractivity contribution in [2.75, 3.05) is 39.8 Å². The van der Waals surface area contributed by atoms with E-state index in [4.69, 9.17) is 0 Å². The largest absolute Gasteiger partial charge is 0.507 e. The van der Waals surface area contributed by atoms with Crippen LogP contribution >= 0.6 is 0 Å². The van der Waals surface area contributed by atoms with E-state index in [9.17, 15) is 9.90 Å². The zero-order valence-electron chi connectivity index (χ0n) is 12.3. The van der Waals surface area contributed by atoms with Gasteiger partial charge in [0.05, 0.1) is 6.21 Å². The standard InChI is InChI=1S/C15H22N4O2/c1-18-8-10-19(11-9-18)7-6-15(21)17-16-12-13-4-2-3-5-14(13)20/h2-5,12,20H,6-11H2,1H3,(H,17,21)/b16-12-. The van der Waals surface area contributed by atoms with E-state index in [2.05, 4.69) is 27.4 Å². The zero-order valence-corrected chi connectivity index (χ0v) is 12.3. The molecule has 0 aromatic heterocycles. The summed E-state index contributed by atoms with van der Waals surface area (Å²) in [6, 6.07) is 6.85. The molecule has 21 heavy (non-hydrogen) atoms. The zero-order chi connectivity index (χ0) is 15.1. The van der Waals surface area contributed by atoms with Crippen molar-refractivity contribution < 1.29 is 9.90 Å². The smallest absolute Gasteiger partial charge is 0.241 e. The predicted octanol–water partition coefficient (Wildman–Crippen LogP) is 0.480. The highest BCUT2D eigenvalue weighted by Crippen LogP contribution is 2.12. The number of nitrogens with one attached hydrogen (secondary N) is 1. The minimum atomic E-state index is -0.111. The second kappa shape index (κ2) is 7.75. The summed E-state index contributed by atoms with van der Waals surface area (Å²) < 4.78 is 0. The van der Waals surface area contributed by atoms with Gasteiger partial charge in [-0.05, 0) is 19.2 Å². The number of rotatable bonds is 5. The van der Waals surface area contributed by atoms with E-state index in [1.807, 2.05) is 0 Å². The normalized spacial score (nSPS) is 17.2. The number of hydrogen-bond acceptors (Lipinski definition) is 5. The number of aromatic hydroxyl groups is 1. The predicted molar refractivity (Wildman–Crippen MR) is 82.4 cm³/mol. The summed E-state index contributed by atoms with van der Waals surface area (Å²) in [4.78, 5) is 16.3. The number of carbonyl (C=O) groups is 1. The lowest BCUT2D eigenvalue weighted by Gasteiger charge is -2.32. The molecule has 0 spiro atoms. The van der Waals surface area contributed by atoms with Crippen LogP contribution < -0.4 is 5.43 Å². The number of carbonyl (C=O) groups excluding carboxylic acids is 1. The number of para-hydroxylation sites is 1. The van der Waals surface area contributed by atoms with E-state index in [-0.39, 0.29) is 11.7 Å². The van der Waals surface area contributed by atoms with Crippen LogP contribution in [0, 0.1) is 0 Å². The molecular formula is C15H22N4O2. The van der Waals surface area contributed by atoms with Crippen molar-refractivity contribution in [1.29, 1.82) is 0 Å². The van der Waals surface area contributed by atoms with Crippen molar-refractivity contribution in [2.45, 2.75) is 6.42 Å². The second-order valence-corrected chi connectivity index (χ2v) is 5.25. The third-order valence-electron chi connectivity index (χ3n) is 3.58. The first-order chi connectivity index (χ1) is 10.1. The molecule has 1 aromatic rings. The van der Waals surface area contributed by atoms with Gasteiger partial charge in [-0.25, -0.2) is 5.43 Å². The number of hydrogen-bond donors (Lipinski definition) is 2. The van der Waals surface area contributed by atoms with Gasteiger partial charge in [0.15, 0.2) is 0 Å². The maximum Gasteiger partial charge on any atom is 0.241 e. The van der Waals surface area contributed by atoms with Crippen LogP contribution in [0.25, 0.3) is 0 Å². The average Bonchev–Trinajstić information content (AvgIpc) is 2.49. The minimum absolute atomic E-state index is 0.111. The van der Waals surface area contributed by atoms with Crippen LogP contribution in [-0.4, -0.2) is 66.8 Å². The van der Waals surface area contributed by atoms with Crippen LogP contribution in [0.1, 0.15) is 12.0 Å². The van der Waals surface area contributed by atoms with Gasteiger partial charge in [-0.3, -0.25) is 4.79 Å². The van der Waals surface area contributed by atoms with Gasteiger partial charge in [-0.1, -0.05) is 12.1 Å². The Balaban J connectivity index is 1.69. The molecule has 2 N–H and O–H groups in total. The molecule has 1 aliphatic heterocycles. The number of phenols is 1. The number of phenolic OH excluding ortho intramolecular Hbond substituents is 1. The van der Waals surface area contributed by atoms with Crippen LogP contribution in [0.3, 0.4) is 0 Å². The molecule has 6 heteroatoms. The number of hydrazone groups is 1. The molecule has 1 saturated heterocycles. The molecule has 2 rings (SSSR count). The van der Waals surface area contributed by atoms with Gasteiger partial charge in [0, 0.05) is 44.7 Å². The van der Waals surface area contributed by atoms with E-state index in [1.54, 1.807) is 24.3 Å². The Hall–Kier alpha value is -1.92. The number of piperazine rings is 1. The van der Waals surface area contributed by atoms with Crippen LogP contribution in [0.15, 0.2) is 29.4 Å². The van der Waals surface area contributed by atoms with Crippen molar-refractivity contribution in [3.63, 3.8) is 0 Å². The van der Waals surface area contributed by atoms with Gasteiger partial charge in [-0.15, -0.1) is 0 Å². The first-order valence-corrected chi connectivity index (χ1v) is 7.16. The summed E-state index contributed by atoms with van der Waals surface area (Å²) in [5.74, 6) is 0.0357. The fourth-order valence-corrected chi connectivity index (χ4v) is 2.16. The molecule has 6 nitrogen and oxygen atoms in total. The Morgan fingerprint density at radius 3 is 2.76 bits per heavy atom. The fraction of sp³-hybridized carbons (Fsp3) is 0.467. The molecular weight excluding hydrogens is 268 g/mol. The number of nitrogens with zero attached hydrogens (tertiary/aromatic N) is 3. The SMILES string of the molecule is CN1CCN(CCC(=O)N/N=C\c2ccccc2O)CC1. The van der Waals surface area contributed by atoms with Crippen molar-refractivity contribution in [3.8, 4) is 5.75 Å². The molecule has 0 saturated carbocycles. The van der Waals surface area contributed by atoms with Crippen LogP contribution in [0.2, 0.25) is 0 Å². The van der Waals surface area contributed by atoms with Gasteiger partial charge in [-0.2, -0.15) is 5.10 Å². The summed E-state index contributed by atoms with van der Waals surface area (Å²) in [7, 11) is 2.11. The molecule has 1 fully saturated rings.